The summed E-state index contributed by atoms with van der Waals surface area (Å²) in [6, 6.07) is 1.55. The van der Waals surface area contributed by atoms with Crippen LogP contribution in [0.1, 0.15) is 39.5 Å². The first-order valence-electron chi connectivity index (χ1n) is 4.98. The van der Waals surface area contributed by atoms with Crippen LogP contribution in [-0.2, 0) is 0 Å². The molecule has 0 spiro atoms. The lowest BCUT2D eigenvalue weighted by Crippen LogP contribution is -2.34. The summed E-state index contributed by atoms with van der Waals surface area (Å²) in [5, 5.41) is 0. The Hall–Kier alpha value is -0.480. The fourth-order valence-electron chi connectivity index (χ4n) is 2.16. The smallest absolute Gasteiger partial charge is 0.0214 e. The van der Waals surface area contributed by atoms with Crippen molar-refractivity contribution in [2.45, 2.75) is 51.6 Å². The Labute approximate surface area is 76.1 Å². The van der Waals surface area contributed by atoms with E-state index in [9.17, 15) is 0 Å². The van der Waals surface area contributed by atoms with Gasteiger partial charge in [0.2, 0.25) is 0 Å². The summed E-state index contributed by atoms with van der Waals surface area (Å²) >= 11 is 0. The Morgan fingerprint density at radius 2 is 2.25 bits per heavy atom. The lowest BCUT2D eigenvalue weighted by molar-refractivity contribution is 0.203. The van der Waals surface area contributed by atoms with Crippen LogP contribution in [0.5, 0.6) is 0 Å². The van der Waals surface area contributed by atoms with Crippen molar-refractivity contribution in [2.24, 2.45) is 0 Å². The average molecular weight is 165 g/mol. The molecule has 0 bridgehead atoms. The molecule has 0 amide bonds. The van der Waals surface area contributed by atoms with Crippen molar-refractivity contribution in [2.75, 3.05) is 6.54 Å². The molecule has 0 N–H and O–H groups in total. The van der Waals surface area contributed by atoms with Crippen LogP contribution in [0.4, 0.5) is 0 Å². The summed E-state index contributed by atoms with van der Waals surface area (Å²) in [7, 11) is 0. The number of rotatable bonds is 3. The largest absolute Gasteiger partial charge is 0.297 e. The van der Waals surface area contributed by atoms with Gasteiger partial charge in [-0.2, -0.15) is 0 Å². The second-order valence-corrected chi connectivity index (χ2v) is 3.68. The third-order valence-corrected chi connectivity index (χ3v) is 2.94. The third-order valence-electron chi connectivity index (χ3n) is 2.94. The third kappa shape index (κ3) is 2.01. The van der Waals surface area contributed by atoms with Gasteiger partial charge in [0.15, 0.2) is 0 Å². The van der Waals surface area contributed by atoms with E-state index >= 15 is 0 Å². The number of hydrogen-bond acceptors (Lipinski definition) is 1. The van der Waals surface area contributed by atoms with Gasteiger partial charge < -0.3 is 0 Å². The number of terminal acetylenes is 1. The Bertz CT molecular complexity index is 168. The molecular weight excluding hydrogens is 146 g/mol. The van der Waals surface area contributed by atoms with Crippen molar-refractivity contribution in [1.29, 1.82) is 0 Å². The van der Waals surface area contributed by atoms with E-state index in [1.807, 2.05) is 0 Å². The number of hydrogen-bond donors (Lipinski definition) is 0. The van der Waals surface area contributed by atoms with Crippen LogP contribution in [0.15, 0.2) is 0 Å². The molecule has 2 unspecified atom stereocenters. The van der Waals surface area contributed by atoms with Crippen LogP contribution in [0.2, 0.25) is 0 Å². The van der Waals surface area contributed by atoms with Crippen molar-refractivity contribution in [1.82, 2.24) is 4.90 Å². The van der Waals surface area contributed by atoms with Gasteiger partial charge in [-0.1, -0.05) is 6.92 Å². The summed E-state index contributed by atoms with van der Waals surface area (Å²) in [5.74, 6) is 2.72. The van der Waals surface area contributed by atoms with E-state index in [0.29, 0.717) is 0 Å². The van der Waals surface area contributed by atoms with Gasteiger partial charge in [0.25, 0.3) is 0 Å². The van der Waals surface area contributed by atoms with E-state index in [4.69, 9.17) is 6.42 Å². The SMILES string of the molecule is C#CCCN1C(C)CCC1CC. The van der Waals surface area contributed by atoms with Crippen molar-refractivity contribution < 1.29 is 0 Å². The Kier molecular flexibility index (Phi) is 3.62. The maximum atomic E-state index is 5.26. The van der Waals surface area contributed by atoms with Gasteiger partial charge in [-0.05, 0) is 26.2 Å². The summed E-state index contributed by atoms with van der Waals surface area (Å²) < 4.78 is 0. The maximum Gasteiger partial charge on any atom is 0.0214 e. The molecule has 12 heavy (non-hydrogen) atoms. The van der Waals surface area contributed by atoms with Gasteiger partial charge in [-0.3, -0.25) is 4.90 Å². The normalized spacial score (nSPS) is 30.4. The number of likely N-dealkylation sites (tertiary alicyclic amines) is 1. The zero-order chi connectivity index (χ0) is 8.97. The summed E-state index contributed by atoms with van der Waals surface area (Å²) in [6.45, 7) is 5.67. The molecule has 1 heteroatoms. The van der Waals surface area contributed by atoms with Gasteiger partial charge in [0, 0.05) is 25.0 Å². The van der Waals surface area contributed by atoms with Crippen LogP contribution in [0, 0.1) is 12.3 Å². The maximum absolute atomic E-state index is 5.26. The standard InChI is InChI=1S/C11H19N/c1-4-6-9-12-10(3)7-8-11(12)5-2/h1,10-11H,5-9H2,2-3H3. The summed E-state index contributed by atoms with van der Waals surface area (Å²) in [6.07, 6.45) is 10.2. The first kappa shape index (κ1) is 9.61. The van der Waals surface area contributed by atoms with E-state index in [-0.39, 0.29) is 0 Å². The molecule has 1 aliphatic rings. The van der Waals surface area contributed by atoms with Gasteiger partial charge >= 0.3 is 0 Å². The van der Waals surface area contributed by atoms with Gasteiger partial charge in [-0.25, -0.2) is 0 Å². The van der Waals surface area contributed by atoms with Crippen LogP contribution >= 0.6 is 0 Å². The Morgan fingerprint density at radius 3 is 2.83 bits per heavy atom. The molecule has 1 rings (SSSR count). The highest BCUT2D eigenvalue weighted by Crippen LogP contribution is 2.25. The number of nitrogens with zero attached hydrogens (tertiary/aromatic N) is 1. The lowest BCUT2D eigenvalue weighted by atomic mass is 10.1. The van der Waals surface area contributed by atoms with Crippen molar-refractivity contribution in [3.05, 3.63) is 0 Å². The van der Waals surface area contributed by atoms with Crippen LogP contribution in [-0.4, -0.2) is 23.5 Å². The van der Waals surface area contributed by atoms with E-state index in [0.717, 1.165) is 25.0 Å². The predicted molar refractivity (Wildman–Crippen MR) is 52.9 cm³/mol. The summed E-state index contributed by atoms with van der Waals surface area (Å²) in [5.41, 5.74) is 0. The minimum Gasteiger partial charge on any atom is -0.297 e. The molecule has 0 aromatic rings. The zero-order valence-corrected chi connectivity index (χ0v) is 8.21. The molecule has 1 fully saturated rings. The predicted octanol–water partition coefficient (Wildman–Crippen LogP) is 2.27. The van der Waals surface area contributed by atoms with Crippen LogP contribution < -0.4 is 0 Å². The molecule has 68 valence electrons. The minimum atomic E-state index is 0.753. The fourth-order valence-corrected chi connectivity index (χ4v) is 2.16. The topological polar surface area (TPSA) is 3.24 Å². The van der Waals surface area contributed by atoms with Gasteiger partial charge in [0.05, 0.1) is 0 Å². The van der Waals surface area contributed by atoms with Crippen molar-refractivity contribution in [3.8, 4) is 12.3 Å². The molecule has 0 saturated carbocycles. The lowest BCUT2D eigenvalue weighted by Gasteiger charge is -2.26. The molecule has 1 saturated heterocycles. The van der Waals surface area contributed by atoms with E-state index in [2.05, 4.69) is 24.7 Å². The van der Waals surface area contributed by atoms with Crippen molar-refractivity contribution >= 4 is 0 Å². The molecule has 1 heterocycles. The molecule has 0 aliphatic carbocycles. The minimum absolute atomic E-state index is 0.753. The second-order valence-electron chi connectivity index (χ2n) is 3.68. The molecule has 1 aliphatic heterocycles. The van der Waals surface area contributed by atoms with Crippen LogP contribution in [0.3, 0.4) is 0 Å². The first-order chi connectivity index (χ1) is 5.79. The first-order valence-corrected chi connectivity index (χ1v) is 4.98. The highest BCUT2D eigenvalue weighted by Gasteiger charge is 2.27. The Morgan fingerprint density at radius 1 is 1.50 bits per heavy atom. The van der Waals surface area contributed by atoms with Crippen molar-refractivity contribution in [3.63, 3.8) is 0 Å². The highest BCUT2D eigenvalue weighted by atomic mass is 15.2. The Balaban J connectivity index is 2.41. The highest BCUT2D eigenvalue weighted by molar-refractivity contribution is 4.90. The van der Waals surface area contributed by atoms with Gasteiger partial charge in [0.1, 0.15) is 0 Å². The van der Waals surface area contributed by atoms with Gasteiger partial charge in [-0.15, -0.1) is 12.3 Å². The summed E-state index contributed by atoms with van der Waals surface area (Å²) in [4.78, 5) is 2.57. The molecular formula is C11H19N. The van der Waals surface area contributed by atoms with E-state index in [1.54, 1.807) is 0 Å². The quantitative estimate of drug-likeness (QED) is 0.580. The molecule has 0 aromatic carbocycles. The van der Waals surface area contributed by atoms with E-state index < -0.39 is 0 Å². The molecule has 1 nitrogen and oxygen atoms in total. The van der Waals surface area contributed by atoms with E-state index in [1.165, 1.54) is 19.3 Å². The second kappa shape index (κ2) is 4.52. The fraction of sp³-hybridized carbons (Fsp3) is 0.818. The molecule has 0 radical (unpaired) electrons. The zero-order valence-electron chi connectivity index (χ0n) is 8.21. The molecule has 0 aromatic heterocycles. The molecule has 2 atom stereocenters. The monoisotopic (exact) mass is 165 g/mol. The average Bonchev–Trinajstić information content (AvgIpc) is 2.43. The van der Waals surface area contributed by atoms with Crippen LogP contribution in [0.25, 0.3) is 0 Å².